The smallest absolute Gasteiger partial charge is 0.321 e. The van der Waals surface area contributed by atoms with Crippen LogP contribution < -0.4 is 14.4 Å². The number of anilines is 1. The lowest BCUT2D eigenvalue weighted by atomic mass is 10.1. The fourth-order valence-electron chi connectivity index (χ4n) is 2.74. The number of ether oxygens (including phenoxy) is 1. The van der Waals surface area contributed by atoms with Crippen LogP contribution in [0.5, 0.6) is 6.01 Å². The highest BCUT2D eigenvalue weighted by Crippen LogP contribution is 2.18. The normalized spacial score (nSPS) is 14.7. The number of nitrogens with one attached hydrogen (secondary N) is 1. The van der Waals surface area contributed by atoms with Gasteiger partial charge in [-0.2, -0.15) is 15.0 Å². The van der Waals surface area contributed by atoms with Crippen LogP contribution in [0.1, 0.15) is 29.8 Å². The lowest BCUT2D eigenvalue weighted by Gasteiger charge is -2.16. The molecule has 1 aromatic carbocycles. The van der Waals surface area contributed by atoms with Crippen molar-refractivity contribution in [2.75, 3.05) is 25.1 Å². The van der Waals surface area contributed by atoms with E-state index in [4.69, 9.17) is 4.74 Å². The number of rotatable bonds is 6. The summed E-state index contributed by atoms with van der Waals surface area (Å²) < 4.78 is 32.8. The van der Waals surface area contributed by atoms with Crippen LogP contribution in [-0.4, -0.2) is 43.6 Å². The third-order valence-corrected chi connectivity index (χ3v) is 5.83. The van der Waals surface area contributed by atoms with Crippen molar-refractivity contribution in [2.45, 2.75) is 38.1 Å². The van der Waals surface area contributed by atoms with E-state index in [1.165, 1.54) is 7.11 Å². The molecule has 0 amide bonds. The first-order chi connectivity index (χ1) is 12.4. The van der Waals surface area contributed by atoms with Gasteiger partial charge in [-0.25, -0.2) is 13.1 Å². The molecular weight excluding hydrogens is 354 g/mol. The Morgan fingerprint density at radius 2 is 1.85 bits per heavy atom. The van der Waals surface area contributed by atoms with Crippen molar-refractivity contribution >= 4 is 16.0 Å². The highest BCUT2D eigenvalue weighted by molar-refractivity contribution is 7.89. The van der Waals surface area contributed by atoms with Crippen LogP contribution in [-0.2, 0) is 16.6 Å². The summed E-state index contributed by atoms with van der Waals surface area (Å²) in [6.45, 7) is 5.54. The van der Waals surface area contributed by atoms with Gasteiger partial charge in [-0.1, -0.05) is 6.07 Å². The third-order valence-electron chi connectivity index (χ3n) is 4.43. The number of sulfonamides is 1. The molecule has 1 aliphatic heterocycles. The van der Waals surface area contributed by atoms with E-state index in [1.54, 1.807) is 18.2 Å². The molecule has 0 radical (unpaired) electrons. The van der Waals surface area contributed by atoms with Crippen LogP contribution in [0.25, 0.3) is 0 Å². The number of aryl methyl sites for hydroxylation is 2. The Bertz CT molecular complexity index is 895. The summed E-state index contributed by atoms with van der Waals surface area (Å²) >= 11 is 0. The Morgan fingerprint density at radius 3 is 2.50 bits per heavy atom. The molecule has 9 heteroatoms. The molecule has 0 saturated carbocycles. The molecule has 26 heavy (non-hydrogen) atoms. The molecule has 2 heterocycles. The second-order valence-electron chi connectivity index (χ2n) is 6.30. The number of benzene rings is 1. The van der Waals surface area contributed by atoms with E-state index in [9.17, 15) is 8.42 Å². The average molecular weight is 377 g/mol. The zero-order valence-electron chi connectivity index (χ0n) is 15.2. The van der Waals surface area contributed by atoms with Crippen molar-refractivity contribution in [3.63, 3.8) is 0 Å². The summed E-state index contributed by atoms with van der Waals surface area (Å²) in [5, 5.41) is 0. The Morgan fingerprint density at radius 1 is 1.12 bits per heavy atom. The third kappa shape index (κ3) is 4.10. The van der Waals surface area contributed by atoms with Crippen molar-refractivity contribution in [2.24, 2.45) is 0 Å². The minimum absolute atomic E-state index is 0.0328. The molecule has 1 saturated heterocycles. The first-order valence-electron chi connectivity index (χ1n) is 8.50. The topological polar surface area (TPSA) is 97.3 Å². The summed E-state index contributed by atoms with van der Waals surface area (Å²) in [6.07, 6.45) is 2.17. The van der Waals surface area contributed by atoms with Crippen LogP contribution in [0.3, 0.4) is 0 Å². The van der Waals surface area contributed by atoms with Crippen LogP contribution in [0, 0.1) is 13.8 Å². The van der Waals surface area contributed by atoms with Gasteiger partial charge in [-0.05, 0) is 49.9 Å². The molecule has 1 fully saturated rings. The molecule has 2 aromatic rings. The second kappa shape index (κ2) is 7.55. The minimum atomic E-state index is -3.65. The van der Waals surface area contributed by atoms with Crippen molar-refractivity contribution < 1.29 is 13.2 Å². The number of hydrogen-bond donors (Lipinski definition) is 1. The van der Waals surface area contributed by atoms with Gasteiger partial charge >= 0.3 is 6.01 Å². The van der Waals surface area contributed by atoms with Gasteiger partial charge in [0.05, 0.1) is 18.6 Å². The molecule has 0 atom stereocenters. The molecule has 140 valence electrons. The maximum Gasteiger partial charge on any atom is 0.321 e. The fourth-order valence-corrected chi connectivity index (χ4v) is 3.80. The largest absolute Gasteiger partial charge is 0.467 e. The van der Waals surface area contributed by atoms with Gasteiger partial charge in [0.1, 0.15) is 0 Å². The zero-order chi connectivity index (χ0) is 18.7. The first kappa shape index (κ1) is 18.5. The predicted molar refractivity (Wildman–Crippen MR) is 97.8 cm³/mol. The van der Waals surface area contributed by atoms with Crippen LogP contribution >= 0.6 is 0 Å². The van der Waals surface area contributed by atoms with E-state index in [0.717, 1.165) is 37.1 Å². The predicted octanol–water partition coefficient (Wildman–Crippen LogP) is 1.58. The quantitative estimate of drug-likeness (QED) is 0.816. The van der Waals surface area contributed by atoms with Crippen molar-refractivity contribution in [1.29, 1.82) is 0 Å². The Balaban J connectivity index is 1.79. The van der Waals surface area contributed by atoms with Gasteiger partial charge in [-0.3, -0.25) is 0 Å². The van der Waals surface area contributed by atoms with Crippen molar-refractivity contribution in [1.82, 2.24) is 19.7 Å². The average Bonchev–Trinajstić information content (AvgIpc) is 3.17. The van der Waals surface area contributed by atoms with E-state index in [0.29, 0.717) is 11.8 Å². The number of hydrogen-bond acceptors (Lipinski definition) is 7. The molecule has 0 spiro atoms. The van der Waals surface area contributed by atoms with Gasteiger partial charge in [0, 0.05) is 13.1 Å². The molecule has 1 aliphatic rings. The number of aromatic nitrogens is 3. The van der Waals surface area contributed by atoms with E-state index in [1.807, 2.05) is 18.7 Å². The second-order valence-corrected chi connectivity index (χ2v) is 8.07. The van der Waals surface area contributed by atoms with E-state index in [-0.39, 0.29) is 17.5 Å². The summed E-state index contributed by atoms with van der Waals surface area (Å²) in [4.78, 5) is 15.1. The van der Waals surface area contributed by atoms with Crippen LogP contribution in [0.2, 0.25) is 0 Å². The maximum atomic E-state index is 12.5. The first-order valence-corrected chi connectivity index (χ1v) is 9.98. The van der Waals surface area contributed by atoms with E-state index < -0.39 is 10.0 Å². The lowest BCUT2D eigenvalue weighted by Crippen LogP contribution is -2.26. The Hall–Kier alpha value is -2.26. The zero-order valence-corrected chi connectivity index (χ0v) is 16.0. The van der Waals surface area contributed by atoms with Gasteiger partial charge in [-0.15, -0.1) is 0 Å². The molecule has 0 unspecified atom stereocenters. The summed E-state index contributed by atoms with van der Waals surface area (Å²) in [7, 11) is -2.18. The van der Waals surface area contributed by atoms with Gasteiger partial charge in [0.15, 0.2) is 5.82 Å². The molecule has 0 aliphatic carbocycles. The summed E-state index contributed by atoms with van der Waals surface area (Å²) in [5.41, 5.74) is 1.97. The maximum absolute atomic E-state index is 12.5. The molecule has 0 bridgehead atoms. The van der Waals surface area contributed by atoms with E-state index in [2.05, 4.69) is 19.7 Å². The van der Waals surface area contributed by atoms with Gasteiger partial charge in [0.25, 0.3) is 0 Å². The lowest BCUT2D eigenvalue weighted by molar-refractivity contribution is 0.375. The highest BCUT2D eigenvalue weighted by atomic mass is 32.2. The van der Waals surface area contributed by atoms with Crippen molar-refractivity contribution in [3.8, 4) is 6.01 Å². The monoisotopic (exact) mass is 377 g/mol. The molecule has 1 aromatic heterocycles. The SMILES string of the molecule is COc1nc(CNS(=O)(=O)c2ccc(C)c(C)c2)nc(N2CCCC2)n1. The molecule has 3 rings (SSSR count). The Kier molecular flexibility index (Phi) is 5.38. The molecular formula is C17H23N5O3S. The highest BCUT2D eigenvalue weighted by Gasteiger charge is 2.19. The summed E-state index contributed by atoms with van der Waals surface area (Å²) in [5.74, 6) is 0.848. The minimum Gasteiger partial charge on any atom is -0.467 e. The van der Waals surface area contributed by atoms with Gasteiger partial charge in [0.2, 0.25) is 16.0 Å². The standard InChI is InChI=1S/C17H23N5O3S/c1-12-6-7-14(10-13(12)2)26(23,24)18-11-15-19-16(21-17(20-15)25-3)22-8-4-5-9-22/h6-7,10,18H,4-5,8-9,11H2,1-3H3. The number of methoxy groups -OCH3 is 1. The van der Waals surface area contributed by atoms with Crippen LogP contribution in [0.4, 0.5) is 5.95 Å². The molecule has 8 nitrogen and oxygen atoms in total. The van der Waals surface area contributed by atoms with Crippen molar-refractivity contribution in [3.05, 3.63) is 35.2 Å². The van der Waals surface area contributed by atoms with Gasteiger partial charge < -0.3 is 9.64 Å². The van der Waals surface area contributed by atoms with Crippen LogP contribution in [0.15, 0.2) is 23.1 Å². The molecule has 1 N–H and O–H groups in total. The number of nitrogens with zero attached hydrogens (tertiary/aromatic N) is 4. The fraction of sp³-hybridized carbons (Fsp3) is 0.471. The Labute approximate surface area is 153 Å². The van der Waals surface area contributed by atoms with E-state index >= 15 is 0 Å². The summed E-state index contributed by atoms with van der Waals surface area (Å²) in [6, 6.07) is 5.22.